The summed E-state index contributed by atoms with van der Waals surface area (Å²) in [7, 11) is -3.50. The fourth-order valence-corrected chi connectivity index (χ4v) is 4.64. The van der Waals surface area contributed by atoms with Crippen LogP contribution >= 0.6 is 0 Å². The number of furan rings is 1. The van der Waals surface area contributed by atoms with Crippen molar-refractivity contribution in [3.8, 4) is 0 Å². The van der Waals surface area contributed by atoms with Gasteiger partial charge in [-0.25, -0.2) is 8.42 Å². The van der Waals surface area contributed by atoms with Gasteiger partial charge in [0.25, 0.3) is 5.91 Å². The van der Waals surface area contributed by atoms with Crippen molar-refractivity contribution in [2.75, 3.05) is 18.0 Å². The summed E-state index contributed by atoms with van der Waals surface area (Å²) < 4.78 is 32.0. The number of amides is 1. The molecule has 2 aromatic carbocycles. The Morgan fingerprint density at radius 3 is 2.19 bits per heavy atom. The van der Waals surface area contributed by atoms with Crippen LogP contribution in [0, 0.1) is 0 Å². The molecular formula is C24H26N2O4S. The molecule has 0 atom stereocenters. The molecule has 0 bridgehead atoms. The summed E-state index contributed by atoms with van der Waals surface area (Å²) in [5, 5.41) is 0. The first-order valence-corrected chi connectivity index (χ1v) is 11.6. The number of rotatable bonds is 9. The third-order valence-corrected chi connectivity index (χ3v) is 6.93. The molecule has 0 saturated heterocycles. The molecule has 3 aromatic rings. The first-order valence-electron chi connectivity index (χ1n) is 10.1. The fourth-order valence-electron chi connectivity index (χ4n) is 3.18. The van der Waals surface area contributed by atoms with Crippen LogP contribution in [0.4, 0.5) is 5.69 Å². The van der Waals surface area contributed by atoms with Crippen molar-refractivity contribution in [3.05, 3.63) is 90.4 Å². The molecule has 1 aromatic heterocycles. The van der Waals surface area contributed by atoms with E-state index in [9.17, 15) is 13.2 Å². The molecule has 0 radical (unpaired) electrons. The Bertz CT molecular complexity index is 1100. The maximum Gasteiger partial charge on any atom is 0.251 e. The maximum atomic E-state index is 12.9. The molecule has 0 aliphatic heterocycles. The van der Waals surface area contributed by atoms with Crippen molar-refractivity contribution >= 4 is 27.7 Å². The van der Waals surface area contributed by atoms with Gasteiger partial charge in [0.1, 0.15) is 5.76 Å². The Kier molecular flexibility index (Phi) is 7.44. The molecule has 1 amide bonds. The van der Waals surface area contributed by atoms with Gasteiger partial charge in [-0.15, -0.1) is 0 Å². The van der Waals surface area contributed by atoms with Crippen LogP contribution in [0.2, 0.25) is 0 Å². The van der Waals surface area contributed by atoms with E-state index < -0.39 is 10.0 Å². The first kappa shape index (κ1) is 22.5. The van der Waals surface area contributed by atoms with E-state index in [2.05, 4.69) is 0 Å². The molecule has 0 aliphatic rings. The average Bonchev–Trinajstić information content (AvgIpc) is 3.31. The van der Waals surface area contributed by atoms with Crippen LogP contribution in [-0.2, 0) is 21.4 Å². The standard InChI is InChI=1S/C24H26N2O4S/c1-3-25(4-2)31(28,29)23-15-12-20(13-16-23)14-17-24(27)26(19-22-11-8-18-30-22)21-9-6-5-7-10-21/h5-18H,3-4,19H2,1-2H3/b17-14+. The van der Waals surface area contributed by atoms with Crippen LogP contribution in [0.5, 0.6) is 0 Å². The molecule has 0 aliphatic carbocycles. The topological polar surface area (TPSA) is 70.8 Å². The smallest absolute Gasteiger partial charge is 0.251 e. The Labute approximate surface area is 183 Å². The van der Waals surface area contributed by atoms with E-state index in [1.54, 1.807) is 47.6 Å². The van der Waals surface area contributed by atoms with Crippen LogP contribution < -0.4 is 4.90 Å². The van der Waals surface area contributed by atoms with E-state index in [0.29, 0.717) is 25.4 Å². The molecule has 0 N–H and O–H groups in total. The van der Waals surface area contributed by atoms with Gasteiger partial charge < -0.3 is 9.32 Å². The van der Waals surface area contributed by atoms with Crippen molar-refractivity contribution < 1.29 is 17.6 Å². The summed E-state index contributed by atoms with van der Waals surface area (Å²) in [5.74, 6) is 0.471. The minimum Gasteiger partial charge on any atom is -0.467 e. The average molecular weight is 439 g/mol. The molecule has 0 saturated carbocycles. The largest absolute Gasteiger partial charge is 0.467 e. The highest BCUT2D eigenvalue weighted by molar-refractivity contribution is 7.89. The molecule has 0 unspecified atom stereocenters. The van der Waals surface area contributed by atoms with E-state index in [-0.39, 0.29) is 10.8 Å². The van der Waals surface area contributed by atoms with E-state index in [0.717, 1.165) is 11.3 Å². The molecule has 1 heterocycles. The predicted molar refractivity (Wildman–Crippen MR) is 122 cm³/mol. The van der Waals surface area contributed by atoms with Crippen LogP contribution in [0.25, 0.3) is 6.08 Å². The van der Waals surface area contributed by atoms with Crippen molar-refractivity contribution in [1.29, 1.82) is 0 Å². The second kappa shape index (κ2) is 10.2. The molecule has 0 spiro atoms. The first-order chi connectivity index (χ1) is 15.0. The summed E-state index contributed by atoms with van der Waals surface area (Å²) in [4.78, 5) is 14.8. The van der Waals surface area contributed by atoms with Gasteiger partial charge in [-0.05, 0) is 48.0 Å². The molecule has 31 heavy (non-hydrogen) atoms. The van der Waals surface area contributed by atoms with E-state index in [4.69, 9.17) is 4.42 Å². The van der Waals surface area contributed by atoms with Gasteiger partial charge in [-0.3, -0.25) is 4.79 Å². The lowest BCUT2D eigenvalue weighted by Crippen LogP contribution is -2.30. The van der Waals surface area contributed by atoms with E-state index in [1.807, 2.05) is 50.2 Å². The van der Waals surface area contributed by atoms with E-state index >= 15 is 0 Å². The second-order valence-electron chi connectivity index (χ2n) is 6.83. The van der Waals surface area contributed by atoms with Crippen LogP contribution in [-0.4, -0.2) is 31.7 Å². The predicted octanol–water partition coefficient (Wildman–Crippen LogP) is 4.56. The normalized spacial score (nSPS) is 11.8. The second-order valence-corrected chi connectivity index (χ2v) is 8.77. The number of hydrogen-bond donors (Lipinski definition) is 0. The third-order valence-electron chi connectivity index (χ3n) is 4.87. The zero-order valence-electron chi connectivity index (χ0n) is 17.6. The van der Waals surface area contributed by atoms with Gasteiger partial charge in [0, 0.05) is 24.9 Å². The zero-order valence-corrected chi connectivity index (χ0v) is 18.5. The lowest BCUT2D eigenvalue weighted by Gasteiger charge is -2.20. The van der Waals surface area contributed by atoms with Crippen molar-refractivity contribution in [1.82, 2.24) is 4.31 Å². The molecular weight excluding hydrogens is 412 g/mol. The number of hydrogen-bond acceptors (Lipinski definition) is 4. The van der Waals surface area contributed by atoms with Crippen LogP contribution in [0.1, 0.15) is 25.2 Å². The van der Waals surface area contributed by atoms with E-state index in [1.165, 1.54) is 10.4 Å². The fraction of sp³-hybridized carbons (Fsp3) is 0.208. The number of nitrogens with zero attached hydrogens (tertiary/aromatic N) is 2. The number of carbonyl (C=O) groups is 1. The van der Waals surface area contributed by atoms with Gasteiger partial charge >= 0.3 is 0 Å². The van der Waals surface area contributed by atoms with Crippen LogP contribution in [0.15, 0.2) is 88.4 Å². The molecule has 0 fully saturated rings. The number of sulfonamides is 1. The minimum atomic E-state index is -3.50. The summed E-state index contributed by atoms with van der Waals surface area (Å²) >= 11 is 0. The van der Waals surface area contributed by atoms with Crippen LogP contribution in [0.3, 0.4) is 0 Å². The van der Waals surface area contributed by atoms with Crippen molar-refractivity contribution in [2.24, 2.45) is 0 Å². The highest BCUT2D eigenvalue weighted by Crippen LogP contribution is 2.19. The molecule has 3 rings (SSSR count). The quantitative estimate of drug-likeness (QED) is 0.459. The zero-order chi connectivity index (χ0) is 22.3. The molecule has 6 nitrogen and oxygen atoms in total. The lowest BCUT2D eigenvalue weighted by molar-refractivity contribution is -0.114. The van der Waals surface area contributed by atoms with Crippen molar-refractivity contribution in [2.45, 2.75) is 25.3 Å². The number of benzene rings is 2. The number of carbonyl (C=O) groups excluding carboxylic acids is 1. The molecule has 162 valence electrons. The Morgan fingerprint density at radius 2 is 1.61 bits per heavy atom. The van der Waals surface area contributed by atoms with Gasteiger partial charge in [0.15, 0.2) is 0 Å². The van der Waals surface area contributed by atoms with Gasteiger partial charge in [0.2, 0.25) is 10.0 Å². The lowest BCUT2D eigenvalue weighted by atomic mass is 10.2. The van der Waals surface area contributed by atoms with Gasteiger partial charge in [-0.1, -0.05) is 44.2 Å². The third kappa shape index (κ3) is 5.51. The minimum absolute atomic E-state index is 0.206. The summed E-state index contributed by atoms with van der Waals surface area (Å²) in [6.45, 7) is 4.76. The molecule has 7 heteroatoms. The SMILES string of the molecule is CCN(CC)S(=O)(=O)c1ccc(/C=C/C(=O)N(Cc2ccco2)c2ccccc2)cc1. The van der Waals surface area contributed by atoms with Gasteiger partial charge in [0.05, 0.1) is 17.7 Å². The Morgan fingerprint density at radius 1 is 0.935 bits per heavy atom. The summed E-state index contributed by atoms with van der Waals surface area (Å²) in [5.41, 5.74) is 1.49. The highest BCUT2D eigenvalue weighted by atomic mass is 32.2. The number of anilines is 1. The van der Waals surface area contributed by atoms with Gasteiger partial charge in [-0.2, -0.15) is 4.31 Å². The Balaban J connectivity index is 1.78. The highest BCUT2D eigenvalue weighted by Gasteiger charge is 2.21. The van der Waals surface area contributed by atoms with Crippen molar-refractivity contribution in [3.63, 3.8) is 0 Å². The summed E-state index contributed by atoms with van der Waals surface area (Å²) in [6, 6.07) is 19.5. The number of para-hydroxylation sites is 1. The maximum absolute atomic E-state index is 12.9. The summed E-state index contributed by atoms with van der Waals surface area (Å²) in [6.07, 6.45) is 4.73. The Hall–Kier alpha value is -3.16. The monoisotopic (exact) mass is 438 g/mol.